The van der Waals surface area contributed by atoms with E-state index >= 15 is 0 Å². The number of amides is 1. The Bertz CT molecular complexity index is 365. The summed E-state index contributed by atoms with van der Waals surface area (Å²) in [5.41, 5.74) is 6.39. The van der Waals surface area contributed by atoms with E-state index < -0.39 is 0 Å². The highest BCUT2D eigenvalue weighted by Gasteiger charge is 2.07. The van der Waals surface area contributed by atoms with Gasteiger partial charge in [-0.15, -0.1) is 0 Å². The highest BCUT2D eigenvalue weighted by atomic mass is 19.1. The van der Waals surface area contributed by atoms with E-state index in [-0.39, 0.29) is 17.8 Å². The molecule has 0 aliphatic heterocycles. The second-order valence-corrected chi connectivity index (χ2v) is 4.54. The van der Waals surface area contributed by atoms with Crippen LogP contribution in [0.25, 0.3) is 0 Å². The lowest BCUT2D eigenvalue weighted by Crippen LogP contribution is -2.33. The van der Waals surface area contributed by atoms with Gasteiger partial charge in [0, 0.05) is 12.5 Å². The van der Waals surface area contributed by atoms with Gasteiger partial charge in [0.05, 0.1) is 0 Å². The average Bonchev–Trinajstić information content (AvgIpc) is 2.32. The van der Waals surface area contributed by atoms with Crippen molar-refractivity contribution in [2.45, 2.75) is 38.6 Å². The van der Waals surface area contributed by atoms with Crippen molar-refractivity contribution in [1.29, 1.82) is 0 Å². The van der Waals surface area contributed by atoms with Crippen LogP contribution in [-0.4, -0.2) is 18.5 Å². The third-order valence-corrected chi connectivity index (χ3v) is 2.72. The van der Waals surface area contributed by atoms with Crippen molar-refractivity contribution in [2.24, 2.45) is 5.73 Å². The van der Waals surface area contributed by atoms with Crippen LogP contribution in [0.1, 0.15) is 31.7 Å². The topological polar surface area (TPSA) is 55.1 Å². The van der Waals surface area contributed by atoms with E-state index in [1.165, 1.54) is 12.1 Å². The van der Waals surface area contributed by atoms with Gasteiger partial charge >= 0.3 is 0 Å². The number of hydrogen-bond acceptors (Lipinski definition) is 2. The Morgan fingerprint density at radius 3 is 2.61 bits per heavy atom. The molecule has 0 saturated heterocycles. The summed E-state index contributed by atoms with van der Waals surface area (Å²) in [5, 5.41) is 2.93. The van der Waals surface area contributed by atoms with Crippen LogP contribution in [0.5, 0.6) is 0 Å². The average molecular weight is 252 g/mol. The minimum atomic E-state index is -0.239. The molecule has 1 aromatic carbocycles. The molecule has 0 saturated carbocycles. The number of nitrogens with two attached hydrogens (primary N) is 1. The number of nitrogens with one attached hydrogen (secondary N) is 1. The molecule has 0 aliphatic rings. The lowest BCUT2D eigenvalue weighted by atomic mass is 10.1. The van der Waals surface area contributed by atoms with E-state index in [4.69, 9.17) is 5.73 Å². The lowest BCUT2D eigenvalue weighted by molar-refractivity contribution is -0.121. The van der Waals surface area contributed by atoms with Gasteiger partial charge in [-0.05, 0) is 50.4 Å². The summed E-state index contributed by atoms with van der Waals surface area (Å²) >= 11 is 0. The molecule has 3 nitrogen and oxygen atoms in total. The van der Waals surface area contributed by atoms with Gasteiger partial charge in [-0.1, -0.05) is 12.1 Å². The molecule has 0 bridgehead atoms. The molecule has 4 heteroatoms. The van der Waals surface area contributed by atoms with Crippen LogP contribution in [0.3, 0.4) is 0 Å². The summed E-state index contributed by atoms with van der Waals surface area (Å²) in [5.74, 6) is -0.185. The Balaban J connectivity index is 2.30. The van der Waals surface area contributed by atoms with E-state index in [1.54, 1.807) is 12.1 Å². The van der Waals surface area contributed by atoms with Crippen LogP contribution in [0.2, 0.25) is 0 Å². The molecule has 3 N–H and O–H groups in total. The maximum Gasteiger partial charge on any atom is 0.220 e. The molecule has 1 unspecified atom stereocenters. The second-order valence-electron chi connectivity index (χ2n) is 4.54. The zero-order chi connectivity index (χ0) is 13.4. The summed E-state index contributed by atoms with van der Waals surface area (Å²) in [6, 6.07) is 6.41. The predicted molar refractivity (Wildman–Crippen MR) is 70.6 cm³/mol. The molecule has 1 amide bonds. The van der Waals surface area contributed by atoms with Crippen molar-refractivity contribution in [2.75, 3.05) is 6.54 Å². The summed E-state index contributed by atoms with van der Waals surface area (Å²) in [7, 11) is 0. The second kappa shape index (κ2) is 7.82. The fraction of sp³-hybridized carbons (Fsp3) is 0.500. The Kier molecular flexibility index (Phi) is 6.36. The first-order chi connectivity index (χ1) is 8.61. The van der Waals surface area contributed by atoms with Crippen molar-refractivity contribution < 1.29 is 9.18 Å². The van der Waals surface area contributed by atoms with Gasteiger partial charge in [-0.2, -0.15) is 0 Å². The monoisotopic (exact) mass is 252 g/mol. The SMILES string of the molecule is CC(Cc1ccc(F)cc1)NC(=O)CCCCN. The third kappa shape index (κ3) is 5.77. The molecule has 0 aliphatic carbocycles. The smallest absolute Gasteiger partial charge is 0.220 e. The van der Waals surface area contributed by atoms with Gasteiger partial charge in [0.2, 0.25) is 5.91 Å². The molecular formula is C14H21FN2O. The molecule has 0 fully saturated rings. The van der Waals surface area contributed by atoms with Gasteiger partial charge < -0.3 is 11.1 Å². The fourth-order valence-corrected chi connectivity index (χ4v) is 1.80. The molecule has 0 aromatic heterocycles. The van der Waals surface area contributed by atoms with Crippen LogP contribution < -0.4 is 11.1 Å². The Hall–Kier alpha value is -1.42. The number of unbranched alkanes of at least 4 members (excludes halogenated alkanes) is 1. The number of hydrogen-bond donors (Lipinski definition) is 2. The number of carbonyl (C=O) groups excluding carboxylic acids is 1. The van der Waals surface area contributed by atoms with Crippen molar-refractivity contribution in [3.63, 3.8) is 0 Å². The quantitative estimate of drug-likeness (QED) is 0.729. The number of carbonyl (C=O) groups is 1. The van der Waals surface area contributed by atoms with Crippen LogP contribution >= 0.6 is 0 Å². The highest BCUT2D eigenvalue weighted by Crippen LogP contribution is 2.06. The van der Waals surface area contributed by atoms with Gasteiger partial charge in [0.25, 0.3) is 0 Å². The zero-order valence-corrected chi connectivity index (χ0v) is 10.8. The maximum atomic E-state index is 12.7. The maximum absolute atomic E-state index is 12.7. The third-order valence-electron chi connectivity index (χ3n) is 2.72. The van der Waals surface area contributed by atoms with E-state index in [2.05, 4.69) is 5.32 Å². The van der Waals surface area contributed by atoms with Crippen molar-refractivity contribution in [1.82, 2.24) is 5.32 Å². The molecule has 1 rings (SSSR count). The molecule has 18 heavy (non-hydrogen) atoms. The molecule has 0 heterocycles. The molecule has 1 aromatic rings. The fourth-order valence-electron chi connectivity index (χ4n) is 1.80. The summed E-state index contributed by atoms with van der Waals surface area (Å²) in [6.45, 7) is 2.57. The normalized spacial score (nSPS) is 12.2. The highest BCUT2D eigenvalue weighted by molar-refractivity contribution is 5.76. The molecular weight excluding hydrogens is 231 g/mol. The van der Waals surface area contributed by atoms with Crippen molar-refractivity contribution in [3.05, 3.63) is 35.6 Å². The van der Waals surface area contributed by atoms with Crippen molar-refractivity contribution in [3.8, 4) is 0 Å². The van der Waals surface area contributed by atoms with E-state index in [9.17, 15) is 9.18 Å². The predicted octanol–water partition coefficient (Wildman–Crippen LogP) is 2.00. The Morgan fingerprint density at radius 1 is 1.33 bits per heavy atom. The molecule has 0 spiro atoms. The summed E-state index contributed by atoms with van der Waals surface area (Å²) in [4.78, 5) is 11.6. The van der Waals surface area contributed by atoms with Gasteiger partial charge in [-0.25, -0.2) is 4.39 Å². The number of benzene rings is 1. The summed E-state index contributed by atoms with van der Waals surface area (Å²) < 4.78 is 12.7. The first kappa shape index (κ1) is 14.6. The largest absolute Gasteiger partial charge is 0.353 e. The van der Waals surface area contributed by atoms with Crippen molar-refractivity contribution >= 4 is 5.91 Å². The van der Waals surface area contributed by atoms with Crippen LogP contribution in [0, 0.1) is 5.82 Å². The van der Waals surface area contributed by atoms with Crippen LogP contribution in [0.4, 0.5) is 4.39 Å². The Morgan fingerprint density at radius 2 is 2.00 bits per heavy atom. The molecule has 1 atom stereocenters. The number of rotatable bonds is 7. The van der Waals surface area contributed by atoms with E-state index in [0.717, 1.165) is 18.4 Å². The first-order valence-corrected chi connectivity index (χ1v) is 6.35. The lowest BCUT2D eigenvalue weighted by Gasteiger charge is -2.14. The standard InChI is InChI=1S/C14H21FN2O/c1-11(17-14(18)4-2-3-9-16)10-12-5-7-13(15)8-6-12/h5-8,11H,2-4,9-10,16H2,1H3,(H,17,18). The first-order valence-electron chi connectivity index (χ1n) is 6.35. The molecule has 100 valence electrons. The molecule has 0 radical (unpaired) electrons. The van der Waals surface area contributed by atoms with E-state index in [1.807, 2.05) is 6.92 Å². The van der Waals surface area contributed by atoms with Gasteiger partial charge in [0.1, 0.15) is 5.82 Å². The van der Waals surface area contributed by atoms with Crippen LogP contribution in [0.15, 0.2) is 24.3 Å². The van der Waals surface area contributed by atoms with E-state index in [0.29, 0.717) is 19.4 Å². The zero-order valence-electron chi connectivity index (χ0n) is 10.8. The van der Waals surface area contributed by atoms with Gasteiger partial charge in [0.15, 0.2) is 0 Å². The Labute approximate surface area is 108 Å². The summed E-state index contributed by atoms with van der Waals surface area (Å²) in [6.07, 6.45) is 2.93. The minimum Gasteiger partial charge on any atom is -0.353 e. The van der Waals surface area contributed by atoms with Crippen LogP contribution in [-0.2, 0) is 11.2 Å². The minimum absolute atomic E-state index is 0.0538. The van der Waals surface area contributed by atoms with Gasteiger partial charge in [-0.3, -0.25) is 4.79 Å². The number of halogens is 1.